The maximum atomic E-state index is 9.77. The predicted molar refractivity (Wildman–Crippen MR) is 119 cm³/mol. The van der Waals surface area contributed by atoms with E-state index in [0.717, 1.165) is 24.3 Å². The van der Waals surface area contributed by atoms with Gasteiger partial charge in [-0.3, -0.25) is 0 Å². The van der Waals surface area contributed by atoms with Crippen molar-refractivity contribution in [3.05, 3.63) is 87.3 Å². The van der Waals surface area contributed by atoms with Crippen molar-refractivity contribution in [3.63, 3.8) is 0 Å². The standard InChI is InChI=1S/C23H20ClN5/c1-6-29(7-2)19-12-13-20(16(3)14-19)28-21(15-25)22(23(26-4)27-5)17-8-10-18(24)11-9-17/h8-14H,6-7H2,1-3H3. The van der Waals surface area contributed by atoms with Crippen LogP contribution in [0, 0.1) is 31.4 Å². The Labute approximate surface area is 176 Å². The van der Waals surface area contributed by atoms with E-state index in [1.54, 1.807) is 24.3 Å². The molecule has 0 heterocycles. The topological polar surface area (TPSA) is 48.1 Å². The molecule has 0 N–H and O–H groups in total. The molecule has 0 amide bonds. The molecule has 2 aromatic carbocycles. The number of aryl methyl sites for hydroxylation is 1. The monoisotopic (exact) mass is 401 g/mol. The number of rotatable bonds is 6. The molecule has 0 aromatic heterocycles. The molecule has 0 aliphatic carbocycles. The average molecular weight is 402 g/mol. The van der Waals surface area contributed by atoms with Crippen LogP contribution in [0.3, 0.4) is 0 Å². The normalized spacial score (nSPS) is 10.4. The number of anilines is 1. The first-order valence-electron chi connectivity index (χ1n) is 9.08. The summed E-state index contributed by atoms with van der Waals surface area (Å²) in [6.45, 7) is 22.6. The third kappa shape index (κ3) is 5.02. The summed E-state index contributed by atoms with van der Waals surface area (Å²) in [5.74, 6) is -0.204. The fourth-order valence-corrected chi connectivity index (χ4v) is 3.06. The summed E-state index contributed by atoms with van der Waals surface area (Å²) in [5, 5.41) is 10.3. The number of nitrogens with zero attached hydrogens (tertiary/aromatic N) is 5. The molecular weight excluding hydrogens is 382 g/mol. The molecule has 0 atom stereocenters. The second-order valence-corrected chi connectivity index (χ2v) is 6.58. The SMILES string of the molecule is [C-]#[N+]C([N+]#[C-])=C(C(C#N)=Nc1ccc(N(CC)CC)cc1C)c1ccc(Cl)cc1. The number of nitriles is 1. The second-order valence-electron chi connectivity index (χ2n) is 6.14. The maximum absolute atomic E-state index is 9.77. The number of benzene rings is 2. The third-order valence-electron chi connectivity index (χ3n) is 4.45. The molecule has 0 saturated heterocycles. The molecule has 0 bridgehead atoms. The van der Waals surface area contributed by atoms with Crippen molar-refractivity contribution in [2.75, 3.05) is 18.0 Å². The van der Waals surface area contributed by atoms with E-state index >= 15 is 0 Å². The van der Waals surface area contributed by atoms with Gasteiger partial charge in [0.25, 0.3) is 0 Å². The van der Waals surface area contributed by atoms with Crippen molar-refractivity contribution in [1.82, 2.24) is 0 Å². The van der Waals surface area contributed by atoms with Crippen molar-refractivity contribution in [3.8, 4) is 6.07 Å². The molecule has 6 heteroatoms. The Hall–Kier alpha value is -3.59. The summed E-state index contributed by atoms with van der Waals surface area (Å²) in [7, 11) is 0. The lowest BCUT2D eigenvalue weighted by Crippen LogP contribution is -2.21. The molecule has 0 saturated carbocycles. The van der Waals surface area contributed by atoms with E-state index in [-0.39, 0.29) is 17.1 Å². The zero-order chi connectivity index (χ0) is 21.4. The van der Waals surface area contributed by atoms with Gasteiger partial charge in [0.1, 0.15) is 30.5 Å². The summed E-state index contributed by atoms with van der Waals surface area (Å²) < 4.78 is 0. The van der Waals surface area contributed by atoms with Gasteiger partial charge in [0.15, 0.2) is 0 Å². The first-order valence-corrected chi connectivity index (χ1v) is 9.46. The van der Waals surface area contributed by atoms with E-state index in [9.17, 15) is 5.26 Å². The molecule has 0 fully saturated rings. The van der Waals surface area contributed by atoms with E-state index in [1.165, 1.54) is 0 Å². The molecule has 144 valence electrons. The number of hydrogen-bond acceptors (Lipinski definition) is 3. The number of hydrogen-bond donors (Lipinski definition) is 0. The highest BCUT2D eigenvalue weighted by molar-refractivity contribution is 6.33. The summed E-state index contributed by atoms with van der Waals surface area (Å²) in [5.41, 5.74) is 3.40. The third-order valence-corrected chi connectivity index (χ3v) is 4.70. The van der Waals surface area contributed by atoms with Crippen molar-refractivity contribution in [2.45, 2.75) is 20.8 Å². The molecule has 0 radical (unpaired) electrons. The van der Waals surface area contributed by atoms with Crippen LogP contribution in [0.1, 0.15) is 25.0 Å². The fourth-order valence-electron chi connectivity index (χ4n) is 2.93. The number of aliphatic imine (C=N–C) groups is 1. The number of halogens is 1. The van der Waals surface area contributed by atoms with Gasteiger partial charge in [-0.15, -0.1) is 0 Å². The minimum absolute atomic E-state index is 0.0213. The van der Waals surface area contributed by atoms with Gasteiger partial charge in [-0.2, -0.15) is 15.0 Å². The molecular formula is C23H20ClN5. The Morgan fingerprint density at radius 1 is 1.10 bits per heavy atom. The van der Waals surface area contributed by atoms with Gasteiger partial charge in [-0.25, -0.2) is 4.99 Å². The minimum atomic E-state index is -0.204. The van der Waals surface area contributed by atoms with Crippen molar-refractivity contribution in [2.24, 2.45) is 4.99 Å². The van der Waals surface area contributed by atoms with Crippen LogP contribution in [0.2, 0.25) is 5.02 Å². The second kappa shape index (κ2) is 10.1. The molecule has 0 spiro atoms. The molecule has 0 unspecified atom stereocenters. The zero-order valence-electron chi connectivity index (χ0n) is 16.6. The van der Waals surface area contributed by atoms with Gasteiger partial charge >= 0.3 is 5.82 Å². The Morgan fingerprint density at radius 3 is 2.21 bits per heavy atom. The molecule has 5 nitrogen and oxygen atoms in total. The van der Waals surface area contributed by atoms with E-state index in [1.807, 2.05) is 25.1 Å². The van der Waals surface area contributed by atoms with Crippen molar-refractivity contribution < 1.29 is 0 Å². The predicted octanol–water partition coefficient (Wildman–Crippen LogP) is 6.30. The fraction of sp³-hybridized carbons (Fsp3) is 0.217. The van der Waals surface area contributed by atoms with Crippen LogP contribution in [0.15, 0.2) is 53.3 Å². The van der Waals surface area contributed by atoms with Crippen molar-refractivity contribution >= 4 is 34.3 Å². The van der Waals surface area contributed by atoms with Crippen LogP contribution < -0.4 is 4.90 Å². The number of allylic oxidation sites excluding steroid dienone is 1. The Morgan fingerprint density at radius 2 is 1.72 bits per heavy atom. The minimum Gasteiger partial charge on any atom is -0.372 e. The lowest BCUT2D eigenvalue weighted by molar-refractivity contribution is 0.865. The van der Waals surface area contributed by atoms with Gasteiger partial charge in [0, 0.05) is 23.8 Å². The summed E-state index contributed by atoms with van der Waals surface area (Å²) in [4.78, 5) is 13.3. The van der Waals surface area contributed by atoms with Gasteiger partial charge in [0.05, 0.1) is 5.69 Å². The molecule has 0 aliphatic rings. The highest BCUT2D eigenvalue weighted by Gasteiger charge is 2.23. The van der Waals surface area contributed by atoms with E-state index in [4.69, 9.17) is 24.7 Å². The van der Waals surface area contributed by atoms with Gasteiger partial charge in [0.2, 0.25) is 0 Å². The van der Waals surface area contributed by atoms with Crippen LogP contribution in [0.25, 0.3) is 15.3 Å². The van der Waals surface area contributed by atoms with Crippen LogP contribution >= 0.6 is 11.6 Å². The lowest BCUT2D eigenvalue weighted by atomic mass is 10.0. The van der Waals surface area contributed by atoms with E-state index < -0.39 is 0 Å². The summed E-state index contributed by atoms with van der Waals surface area (Å²) in [6.07, 6.45) is 0. The first-order chi connectivity index (χ1) is 14.0. The van der Waals surface area contributed by atoms with Crippen LogP contribution in [-0.2, 0) is 0 Å². The average Bonchev–Trinajstić information content (AvgIpc) is 2.73. The highest BCUT2D eigenvalue weighted by Crippen LogP contribution is 2.29. The quantitative estimate of drug-likeness (QED) is 0.421. The molecule has 29 heavy (non-hydrogen) atoms. The first kappa shape index (κ1) is 21.7. The van der Waals surface area contributed by atoms with Gasteiger partial charge < -0.3 is 4.90 Å². The van der Waals surface area contributed by atoms with Crippen LogP contribution in [0.4, 0.5) is 11.4 Å². The van der Waals surface area contributed by atoms with E-state index in [2.05, 4.69) is 39.5 Å². The van der Waals surface area contributed by atoms with Gasteiger partial charge in [-0.1, -0.05) is 23.7 Å². The lowest BCUT2D eigenvalue weighted by Gasteiger charge is -2.21. The van der Waals surface area contributed by atoms with Crippen LogP contribution in [0.5, 0.6) is 0 Å². The van der Waals surface area contributed by atoms with E-state index in [0.29, 0.717) is 16.3 Å². The van der Waals surface area contributed by atoms with Crippen molar-refractivity contribution in [1.29, 1.82) is 5.26 Å². The Balaban J connectivity index is 2.63. The zero-order valence-corrected chi connectivity index (χ0v) is 17.3. The highest BCUT2D eigenvalue weighted by atomic mass is 35.5. The summed E-state index contributed by atoms with van der Waals surface area (Å²) >= 11 is 5.96. The summed E-state index contributed by atoms with van der Waals surface area (Å²) in [6, 6.07) is 14.6. The molecule has 0 aliphatic heterocycles. The molecule has 2 aromatic rings. The van der Waals surface area contributed by atoms with Crippen LogP contribution in [-0.4, -0.2) is 18.8 Å². The smallest absolute Gasteiger partial charge is 0.372 e. The van der Waals surface area contributed by atoms with Gasteiger partial charge in [-0.05, 0) is 62.2 Å². The molecule has 2 rings (SSSR count). The maximum Gasteiger partial charge on any atom is 0.530 e. The Bertz CT molecular complexity index is 1060. The largest absolute Gasteiger partial charge is 0.530 e. The Kier molecular flexibility index (Phi) is 7.55.